The Labute approximate surface area is 261 Å². The third kappa shape index (κ3) is 8.42. The second-order valence-corrected chi connectivity index (χ2v) is 13.3. The minimum absolute atomic E-state index is 0.0262. The first-order valence-corrected chi connectivity index (χ1v) is 16.7. The molecule has 5 rings (SSSR count). The Kier molecular flexibility index (Phi) is 10.1. The number of nitriles is 1. The number of alkyl halides is 3. The van der Waals surface area contributed by atoms with E-state index in [-0.39, 0.29) is 35.5 Å². The van der Waals surface area contributed by atoms with Gasteiger partial charge < -0.3 is 24.7 Å². The average Bonchev–Trinajstić information content (AvgIpc) is 3.35. The van der Waals surface area contributed by atoms with Gasteiger partial charge in [-0.15, -0.1) is 0 Å². The van der Waals surface area contributed by atoms with Crippen LogP contribution in [0.3, 0.4) is 0 Å². The molecular weight excluding hydrogens is 607 g/mol. The van der Waals surface area contributed by atoms with Gasteiger partial charge in [-0.2, -0.15) is 18.4 Å². The van der Waals surface area contributed by atoms with Crippen LogP contribution in [0.25, 0.3) is 10.9 Å². The maximum Gasteiger partial charge on any atom is 0.406 e. The highest BCUT2D eigenvalue weighted by molar-refractivity contribution is 7.90. The number of benzene rings is 2. The molecule has 3 aromatic rings. The molecule has 1 aliphatic heterocycles. The number of aromatic nitrogens is 1. The van der Waals surface area contributed by atoms with Gasteiger partial charge in [0, 0.05) is 48.6 Å². The van der Waals surface area contributed by atoms with Crippen molar-refractivity contribution in [3.05, 3.63) is 48.2 Å². The number of hydrogen-bond donors (Lipinski definition) is 2. The van der Waals surface area contributed by atoms with Gasteiger partial charge in [-0.3, -0.25) is 4.90 Å². The second-order valence-electron chi connectivity index (χ2n) is 11.3. The van der Waals surface area contributed by atoms with Crippen LogP contribution in [0.5, 0.6) is 5.75 Å². The monoisotopic (exact) mass is 643 g/mol. The van der Waals surface area contributed by atoms with E-state index in [2.05, 4.69) is 27.4 Å². The molecule has 2 fully saturated rings. The molecule has 13 heteroatoms. The van der Waals surface area contributed by atoms with E-state index in [0.717, 1.165) is 63.9 Å². The van der Waals surface area contributed by atoms with Crippen molar-refractivity contribution in [2.75, 3.05) is 56.3 Å². The van der Waals surface area contributed by atoms with Gasteiger partial charge in [0.2, 0.25) is 0 Å². The largest absolute Gasteiger partial charge is 0.477 e. The molecule has 45 heavy (non-hydrogen) atoms. The van der Waals surface area contributed by atoms with E-state index < -0.39 is 22.6 Å². The van der Waals surface area contributed by atoms with Crippen molar-refractivity contribution in [2.24, 2.45) is 0 Å². The molecule has 240 valence electrons. The van der Waals surface area contributed by atoms with Crippen LogP contribution in [0.1, 0.15) is 31.4 Å². The summed E-state index contributed by atoms with van der Waals surface area (Å²) in [6, 6.07) is 13.8. The lowest BCUT2D eigenvalue weighted by atomic mass is 9.89. The quantitative estimate of drug-likeness (QED) is 0.313. The van der Waals surface area contributed by atoms with Crippen molar-refractivity contribution >= 4 is 32.1 Å². The normalized spacial score (nSPS) is 19.4. The van der Waals surface area contributed by atoms with Gasteiger partial charge in [0.05, 0.1) is 41.6 Å². The van der Waals surface area contributed by atoms with Crippen molar-refractivity contribution in [3.8, 4) is 23.7 Å². The molecule has 2 N–H and O–H groups in total. The molecular formula is C32H36F3N5O4S. The van der Waals surface area contributed by atoms with E-state index in [4.69, 9.17) is 14.7 Å². The van der Waals surface area contributed by atoms with Crippen molar-refractivity contribution in [1.82, 2.24) is 9.47 Å². The summed E-state index contributed by atoms with van der Waals surface area (Å²) in [4.78, 5) is 2.53. The highest BCUT2D eigenvalue weighted by Gasteiger charge is 2.31. The predicted octanol–water partition coefficient (Wildman–Crippen LogP) is 5.03. The standard InChI is InChI=1S/C32H36F3N5O4S/c1-45(41,42)26-11-12-29(31(21-26)44-17-13-36)37-14-3-4-25-20-27-28(5-2-6-30(27)40(25)22-32(33,34)35)38-23-7-9-24(10-8-23)39-15-18-43-19-16-39/h2,5-6,11-12,20-21,23-24,37-38H,7-10,14-19,22H2,1H3/t23-,24-. The molecule has 1 aromatic heterocycles. The van der Waals surface area contributed by atoms with Gasteiger partial charge in [-0.25, -0.2) is 8.42 Å². The Morgan fingerprint density at radius 2 is 1.82 bits per heavy atom. The Morgan fingerprint density at radius 3 is 2.51 bits per heavy atom. The van der Waals surface area contributed by atoms with Crippen molar-refractivity contribution in [1.29, 1.82) is 5.26 Å². The molecule has 1 saturated heterocycles. The van der Waals surface area contributed by atoms with Crippen LogP contribution in [0.15, 0.2) is 47.4 Å². The summed E-state index contributed by atoms with van der Waals surface area (Å²) in [7, 11) is -3.51. The van der Waals surface area contributed by atoms with Crippen molar-refractivity contribution in [3.63, 3.8) is 0 Å². The zero-order chi connectivity index (χ0) is 32.0. The van der Waals surface area contributed by atoms with Gasteiger partial charge in [-0.1, -0.05) is 12.0 Å². The van der Waals surface area contributed by atoms with Crippen LogP contribution in [-0.4, -0.2) is 81.9 Å². The zero-order valence-corrected chi connectivity index (χ0v) is 25.8. The molecule has 0 radical (unpaired) electrons. The number of sulfone groups is 1. The summed E-state index contributed by atoms with van der Waals surface area (Å²) in [5.41, 5.74) is 1.86. The first-order chi connectivity index (χ1) is 21.5. The van der Waals surface area contributed by atoms with Crippen molar-refractivity contribution < 1.29 is 31.1 Å². The summed E-state index contributed by atoms with van der Waals surface area (Å²) < 4.78 is 77.0. The number of nitrogens with zero attached hydrogens (tertiary/aromatic N) is 3. The van der Waals surface area contributed by atoms with Gasteiger partial charge in [0.25, 0.3) is 0 Å². The van der Waals surface area contributed by atoms with Gasteiger partial charge in [0.1, 0.15) is 18.4 Å². The minimum atomic E-state index is -4.45. The number of morpholine rings is 1. The minimum Gasteiger partial charge on any atom is -0.477 e. The van der Waals surface area contributed by atoms with E-state index in [9.17, 15) is 21.6 Å². The topological polar surface area (TPSA) is 109 Å². The SMILES string of the molecule is CS(=O)(=O)c1ccc(NCC#Cc2cc3c(N[C@H]4CC[C@H](N5CCOCC5)CC4)cccc3n2CC(F)(F)F)c(OCC#N)c1. The highest BCUT2D eigenvalue weighted by atomic mass is 32.2. The maximum atomic E-state index is 13.7. The molecule has 0 atom stereocenters. The summed E-state index contributed by atoms with van der Waals surface area (Å²) >= 11 is 0. The molecule has 2 aromatic carbocycles. The lowest BCUT2D eigenvalue weighted by Crippen LogP contribution is -2.46. The first-order valence-electron chi connectivity index (χ1n) is 14.9. The molecule has 1 aliphatic carbocycles. The van der Waals surface area contributed by atoms with Crippen molar-refractivity contribution in [2.45, 2.75) is 55.4 Å². The van der Waals surface area contributed by atoms with Crippen LogP contribution in [0.4, 0.5) is 24.5 Å². The molecule has 9 nitrogen and oxygen atoms in total. The lowest BCUT2D eigenvalue weighted by molar-refractivity contribution is -0.140. The summed E-state index contributed by atoms with van der Waals surface area (Å²) in [5.74, 6) is 5.92. The number of halogens is 3. The van der Waals surface area contributed by atoms with E-state index in [0.29, 0.717) is 22.6 Å². The van der Waals surface area contributed by atoms with Gasteiger partial charge in [0.15, 0.2) is 16.4 Å². The molecule has 2 aliphatic rings. The molecule has 0 amide bonds. The van der Waals surface area contributed by atoms with Gasteiger partial charge >= 0.3 is 6.18 Å². The Morgan fingerprint density at radius 1 is 1.07 bits per heavy atom. The molecule has 2 heterocycles. The lowest BCUT2D eigenvalue weighted by Gasteiger charge is -2.39. The molecule has 0 bridgehead atoms. The van der Waals surface area contributed by atoms with E-state index in [1.807, 2.05) is 12.1 Å². The maximum absolute atomic E-state index is 13.7. The number of anilines is 2. The third-order valence-electron chi connectivity index (χ3n) is 8.16. The van der Waals surface area contributed by atoms with E-state index in [1.54, 1.807) is 18.2 Å². The fourth-order valence-corrected chi connectivity index (χ4v) is 6.63. The zero-order valence-electron chi connectivity index (χ0n) is 25.0. The second kappa shape index (κ2) is 14.0. The fourth-order valence-electron chi connectivity index (χ4n) is 5.99. The molecule has 0 unspecified atom stereocenters. The Balaban J connectivity index is 1.33. The number of ether oxygens (including phenoxy) is 2. The van der Waals surface area contributed by atoms with E-state index >= 15 is 0 Å². The summed E-state index contributed by atoms with van der Waals surface area (Å²) in [6.45, 7) is 2.02. The highest BCUT2D eigenvalue weighted by Crippen LogP contribution is 2.33. The number of nitrogens with one attached hydrogen (secondary N) is 2. The number of rotatable bonds is 9. The molecule has 1 saturated carbocycles. The first kappa shape index (κ1) is 32.5. The smallest absolute Gasteiger partial charge is 0.406 e. The number of fused-ring (bicyclic) bond motifs is 1. The fraction of sp³-hybridized carbons (Fsp3) is 0.469. The predicted molar refractivity (Wildman–Crippen MR) is 166 cm³/mol. The third-order valence-corrected chi connectivity index (χ3v) is 9.27. The van der Waals surface area contributed by atoms with Crippen LogP contribution >= 0.6 is 0 Å². The summed E-state index contributed by atoms with van der Waals surface area (Å²) in [5, 5.41) is 16.2. The van der Waals surface area contributed by atoms with Crippen LogP contribution < -0.4 is 15.4 Å². The Bertz CT molecular complexity index is 1710. The van der Waals surface area contributed by atoms with Crippen LogP contribution in [-0.2, 0) is 21.1 Å². The van der Waals surface area contributed by atoms with Crippen LogP contribution in [0.2, 0.25) is 0 Å². The van der Waals surface area contributed by atoms with Crippen LogP contribution in [0, 0.1) is 23.2 Å². The average molecular weight is 644 g/mol. The Hall–Kier alpha value is -3.91. The molecule has 0 spiro atoms. The van der Waals surface area contributed by atoms with Gasteiger partial charge in [-0.05, 0) is 61.9 Å². The van der Waals surface area contributed by atoms with E-state index in [1.165, 1.54) is 22.8 Å². The number of hydrogen-bond acceptors (Lipinski definition) is 8. The summed E-state index contributed by atoms with van der Waals surface area (Å²) in [6.07, 6.45) is 0.694.